The Balaban J connectivity index is 1.51. The molecule has 0 N–H and O–H groups in total. The molecule has 1 aromatic rings. The quantitative estimate of drug-likeness (QED) is 0.0572. The normalized spacial score (nSPS) is 20.6. The van der Waals surface area contributed by atoms with E-state index in [1.807, 2.05) is 37.3 Å². The lowest BCUT2D eigenvalue weighted by molar-refractivity contribution is -0.161. The zero-order chi connectivity index (χ0) is 26.3. The van der Waals surface area contributed by atoms with Crippen LogP contribution in [0.3, 0.4) is 0 Å². The predicted octanol–water partition coefficient (Wildman–Crippen LogP) is 6.06. The monoisotopic (exact) mass is 546 g/mol. The molecule has 3 rings (SSSR count). The summed E-state index contributed by atoms with van der Waals surface area (Å²) in [5.74, 6) is 0.336. The summed E-state index contributed by atoms with van der Waals surface area (Å²) in [6, 6.07) is 8.04. The molecule has 3 atom stereocenters. The van der Waals surface area contributed by atoms with Crippen LogP contribution in [0.1, 0.15) is 31.7 Å². The number of nitrogens with zero attached hydrogens (tertiary/aromatic N) is 2. The van der Waals surface area contributed by atoms with Gasteiger partial charge in [-0.15, -0.1) is 11.6 Å². The van der Waals surface area contributed by atoms with Crippen molar-refractivity contribution in [2.45, 2.75) is 69.9 Å². The van der Waals surface area contributed by atoms with Crippen LogP contribution in [0.2, 0.25) is 19.6 Å². The lowest BCUT2D eigenvalue weighted by Gasteiger charge is -2.45. The number of benzene rings is 1. The van der Waals surface area contributed by atoms with Gasteiger partial charge in [0.25, 0.3) is 5.91 Å². The molecule has 9 heteroatoms. The third-order valence-electron chi connectivity index (χ3n) is 5.57. The second kappa shape index (κ2) is 12.8. The maximum Gasteiger partial charge on any atom is 0.333 e. The number of esters is 1. The number of unbranched alkanes of at least 4 members (excludes halogenated alkanes) is 1. The highest BCUT2D eigenvalue weighted by Crippen LogP contribution is 2.42. The maximum atomic E-state index is 13.0. The third-order valence-corrected chi connectivity index (χ3v) is 8.11. The average molecular weight is 547 g/mol. The van der Waals surface area contributed by atoms with Crippen LogP contribution in [0.15, 0.2) is 71.5 Å². The van der Waals surface area contributed by atoms with E-state index in [2.05, 4.69) is 49.4 Å². The lowest BCUT2D eigenvalue weighted by Crippen LogP contribution is -2.66. The fourth-order valence-electron chi connectivity index (χ4n) is 3.98. The van der Waals surface area contributed by atoms with Crippen molar-refractivity contribution >= 4 is 48.6 Å². The molecular weight excluding hydrogens is 512 g/mol. The standard InChI is InChI=1S/C27H35ClN2O4SSi/c1-19(17-28)24(27(32)33-18-21-14-10-8-11-15-21)30-25(31)23-26(30)35-22(29-23)16-12-7-6-9-13-20(2)34-36(3,4)5/h7-8,10-15,23-24,26H,1,6,9,16-18H2,2-5H3. The van der Waals surface area contributed by atoms with Gasteiger partial charge in [-0.1, -0.05) is 60.8 Å². The number of carbonyl (C=O) groups is 2. The Hall–Kier alpha value is -2.29. The van der Waals surface area contributed by atoms with Crippen LogP contribution in [0, 0.1) is 0 Å². The van der Waals surface area contributed by atoms with Crippen LogP contribution >= 0.6 is 23.4 Å². The van der Waals surface area contributed by atoms with Gasteiger partial charge < -0.3 is 14.1 Å². The zero-order valence-electron chi connectivity index (χ0n) is 21.4. The number of hydrogen-bond donors (Lipinski definition) is 0. The number of hydrogen-bond acceptors (Lipinski definition) is 6. The molecule has 2 aliphatic rings. The first-order valence-electron chi connectivity index (χ1n) is 12.1. The van der Waals surface area contributed by atoms with Gasteiger partial charge in [0.2, 0.25) is 8.32 Å². The number of rotatable bonds is 13. The van der Waals surface area contributed by atoms with E-state index in [-0.39, 0.29) is 23.8 Å². The van der Waals surface area contributed by atoms with E-state index < -0.39 is 26.4 Å². The van der Waals surface area contributed by atoms with E-state index in [0.717, 1.165) is 29.2 Å². The van der Waals surface area contributed by atoms with Crippen molar-refractivity contribution in [2.75, 3.05) is 5.88 Å². The number of alkyl halides is 1. The van der Waals surface area contributed by atoms with E-state index in [1.54, 1.807) is 0 Å². The first-order valence-corrected chi connectivity index (χ1v) is 16.9. The second-order valence-corrected chi connectivity index (χ2v) is 15.7. The van der Waals surface area contributed by atoms with Crippen LogP contribution in [-0.4, -0.2) is 53.5 Å². The Bertz CT molecular complexity index is 1050. The van der Waals surface area contributed by atoms with Gasteiger partial charge in [0, 0.05) is 12.3 Å². The highest BCUT2D eigenvalue weighted by atomic mass is 35.5. The summed E-state index contributed by atoms with van der Waals surface area (Å²) in [6.07, 6.45) is 8.82. The van der Waals surface area contributed by atoms with Crippen molar-refractivity contribution in [3.05, 3.63) is 72.0 Å². The molecule has 2 aliphatic heterocycles. The number of ether oxygens (including phenoxy) is 1. The molecule has 1 saturated heterocycles. The number of thioether (sulfide) groups is 1. The summed E-state index contributed by atoms with van der Waals surface area (Å²) in [6.45, 7) is 12.6. The molecule has 0 spiro atoms. The largest absolute Gasteiger partial charge is 0.548 e. The number of halogens is 1. The molecule has 3 unspecified atom stereocenters. The summed E-state index contributed by atoms with van der Waals surface area (Å²) < 4.78 is 11.5. The van der Waals surface area contributed by atoms with Gasteiger partial charge in [-0.2, -0.15) is 0 Å². The number of fused-ring (bicyclic) bond motifs is 1. The molecule has 1 fully saturated rings. The molecule has 36 heavy (non-hydrogen) atoms. The van der Waals surface area contributed by atoms with Gasteiger partial charge in [-0.25, -0.2) is 4.79 Å². The number of carbonyl (C=O) groups excluding carboxylic acids is 2. The Morgan fingerprint density at radius 2 is 1.97 bits per heavy atom. The summed E-state index contributed by atoms with van der Waals surface area (Å²) >= 11 is 7.53. The summed E-state index contributed by atoms with van der Waals surface area (Å²) in [5.41, 5.74) is 1.31. The third kappa shape index (κ3) is 7.60. The first kappa shape index (κ1) is 28.3. The molecule has 0 bridgehead atoms. The van der Waals surface area contributed by atoms with E-state index in [9.17, 15) is 9.59 Å². The molecule has 194 valence electrons. The van der Waals surface area contributed by atoms with Gasteiger partial charge in [-0.05, 0) is 56.6 Å². The minimum atomic E-state index is -1.56. The van der Waals surface area contributed by atoms with E-state index >= 15 is 0 Å². The van der Waals surface area contributed by atoms with Crippen molar-refractivity contribution in [2.24, 2.45) is 4.99 Å². The fourth-order valence-corrected chi connectivity index (χ4v) is 6.46. The topological polar surface area (TPSA) is 68.2 Å². The van der Waals surface area contributed by atoms with Crippen LogP contribution in [0.4, 0.5) is 0 Å². The molecule has 0 radical (unpaired) electrons. The predicted molar refractivity (Wildman–Crippen MR) is 151 cm³/mol. The first-order chi connectivity index (χ1) is 17.1. The van der Waals surface area contributed by atoms with E-state index in [4.69, 9.17) is 20.8 Å². The summed E-state index contributed by atoms with van der Waals surface area (Å²) in [5, 5.41) is 0.651. The van der Waals surface area contributed by atoms with Crippen molar-refractivity contribution in [1.82, 2.24) is 4.90 Å². The smallest absolute Gasteiger partial charge is 0.333 e. The number of β-lactam (4-membered cyclic amide) rings is 1. The number of aliphatic imine (C=N–C) groups is 1. The van der Waals surface area contributed by atoms with Crippen molar-refractivity contribution in [3.8, 4) is 0 Å². The molecular formula is C27H35ClN2O4SSi. The Morgan fingerprint density at radius 1 is 1.25 bits per heavy atom. The summed E-state index contributed by atoms with van der Waals surface area (Å²) in [7, 11) is -1.56. The minimum Gasteiger partial charge on any atom is -0.548 e. The van der Waals surface area contributed by atoms with E-state index in [0.29, 0.717) is 12.0 Å². The van der Waals surface area contributed by atoms with Crippen LogP contribution in [-0.2, 0) is 25.4 Å². The molecule has 1 aromatic carbocycles. The minimum absolute atomic E-state index is 0.0598. The van der Waals surface area contributed by atoms with Gasteiger partial charge in [0.05, 0.1) is 10.8 Å². The molecule has 2 heterocycles. The molecule has 6 nitrogen and oxygen atoms in total. The zero-order valence-corrected chi connectivity index (χ0v) is 24.0. The van der Waals surface area contributed by atoms with Crippen molar-refractivity contribution < 1.29 is 18.8 Å². The molecule has 0 aromatic heterocycles. The van der Waals surface area contributed by atoms with Crippen LogP contribution < -0.4 is 0 Å². The molecule has 1 amide bonds. The highest BCUT2D eigenvalue weighted by Gasteiger charge is 2.56. The molecule has 0 saturated carbocycles. The Labute approximate surface area is 224 Å². The van der Waals surface area contributed by atoms with Crippen molar-refractivity contribution in [3.63, 3.8) is 0 Å². The molecule has 0 aliphatic carbocycles. The Morgan fingerprint density at radius 3 is 2.64 bits per heavy atom. The van der Waals surface area contributed by atoms with Gasteiger partial charge in [-0.3, -0.25) is 9.79 Å². The number of likely N-dealkylation sites (tertiary alicyclic amines) is 1. The Kier molecular flexibility index (Phi) is 10.0. The fraction of sp³-hybridized carbons (Fsp3) is 0.444. The average Bonchev–Trinajstić information content (AvgIpc) is 3.21. The van der Waals surface area contributed by atoms with Crippen LogP contribution in [0.5, 0.6) is 0 Å². The highest BCUT2D eigenvalue weighted by molar-refractivity contribution is 8.14. The SMILES string of the molecule is C=C(CCl)C(C(=O)OCc1ccccc1)N1C(=O)C2N=C(CC=CCCC=C(C)O[Si](C)(C)C)SC21. The number of allylic oxidation sites excluding steroid dienone is 4. The van der Waals surface area contributed by atoms with Crippen LogP contribution in [0.25, 0.3) is 0 Å². The van der Waals surface area contributed by atoms with E-state index in [1.165, 1.54) is 16.7 Å². The maximum absolute atomic E-state index is 13.0. The summed E-state index contributed by atoms with van der Waals surface area (Å²) in [4.78, 5) is 32.0. The van der Waals surface area contributed by atoms with Gasteiger partial charge in [0.1, 0.15) is 12.0 Å². The number of amides is 1. The second-order valence-electron chi connectivity index (χ2n) is 9.79. The van der Waals surface area contributed by atoms with Gasteiger partial charge in [0.15, 0.2) is 12.1 Å². The van der Waals surface area contributed by atoms with Gasteiger partial charge >= 0.3 is 5.97 Å². The lowest BCUT2D eigenvalue weighted by atomic mass is 10.00. The van der Waals surface area contributed by atoms with Crippen molar-refractivity contribution in [1.29, 1.82) is 0 Å².